The summed E-state index contributed by atoms with van der Waals surface area (Å²) >= 11 is 0. The van der Waals surface area contributed by atoms with Crippen LogP contribution in [0.2, 0.25) is 0 Å². The second-order valence-corrected chi connectivity index (χ2v) is 7.95. The molecule has 0 saturated heterocycles. The molecule has 0 aliphatic carbocycles. The first kappa shape index (κ1) is 20.2. The molecule has 0 fully saturated rings. The topological polar surface area (TPSA) is 58.1 Å². The third-order valence-corrected chi connectivity index (χ3v) is 6.15. The summed E-state index contributed by atoms with van der Waals surface area (Å²) in [6.45, 7) is 0. The van der Waals surface area contributed by atoms with E-state index in [1.54, 1.807) is 21.3 Å². The molecule has 0 radical (unpaired) electrons. The number of ether oxygens (including phenoxy) is 3. The van der Waals surface area contributed by atoms with Crippen LogP contribution in [0.25, 0.3) is 50.1 Å². The highest BCUT2D eigenvalue weighted by atomic mass is 16.5. The van der Waals surface area contributed by atoms with Crippen molar-refractivity contribution in [2.75, 3.05) is 21.3 Å². The normalized spacial score (nSPS) is 11.4. The maximum atomic E-state index is 6.52. The van der Waals surface area contributed by atoms with E-state index in [4.69, 9.17) is 23.6 Å². The highest BCUT2D eigenvalue weighted by Crippen LogP contribution is 2.45. The molecule has 0 unspecified atom stereocenters. The lowest BCUT2D eigenvalue weighted by atomic mass is 9.99. The zero-order valence-corrected chi connectivity index (χ0v) is 19.0. The molecule has 0 N–H and O–H groups in total. The Hall–Kier alpha value is -4.45. The minimum atomic E-state index is 0.607. The Morgan fingerprint density at radius 3 is 2.26 bits per heavy atom. The molecule has 0 spiro atoms. The molecule has 34 heavy (non-hydrogen) atoms. The van der Waals surface area contributed by atoms with Crippen LogP contribution in [0.4, 0.5) is 0 Å². The van der Waals surface area contributed by atoms with Crippen LogP contribution in [0.15, 0.2) is 83.4 Å². The standard InChI is InChI=1S/C28H22N2O4/c1-31-18-12-10-17(11-13-18)26-19-15-24(32-2)25(33-3)16-23(19)34-28(26)27-22-9-6-14-30(22)21-8-5-4-7-20(21)29-27/h4-16H,1-3H3. The molecule has 6 aromatic rings. The van der Waals surface area contributed by atoms with Crippen LogP contribution in [0.3, 0.4) is 0 Å². The fourth-order valence-electron chi connectivity index (χ4n) is 4.53. The average molecular weight is 450 g/mol. The molecule has 0 aliphatic rings. The van der Waals surface area contributed by atoms with Crippen molar-refractivity contribution in [2.24, 2.45) is 0 Å². The van der Waals surface area contributed by atoms with Crippen LogP contribution < -0.4 is 14.2 Å². The van der Waals surface area contributed by atoms with Crippen molar-refractivity contribution in [3.05, 3.63) is 79.0 Å². The largest absolute Gasteiger partial charge is 0.497 e. The van der Waals surface area contributed by atoms with Gasteiger partial charge in [0.15, 0.2) is 17.3 Å². The van der Waals surface area contributed by atoms with Crippen LogP contribution in [0, 0.1) is 0 Å². The number of furan rings is 1. The second kappa shape index (κ2) is 7.85. The Morgan fingerprint density at radius 2 is 1.50 bits per heavy atom. The van der Waals surface area contributed by atoms with Crippen molar-refractivity contribution in [1.29, 1.82) is 0 Å². The van der Waals surface area contributed by atoms with Gasteiger partial charge in [-0.25, -0.2) is 4.98 Å². The lowest BCUT2D eigenvalue weighted by Crippen LogP contribution is -1.94. The van der Waals surface area contributed by atoms with Crippen LogP contribution in [0.5, 0.6) is 17.2 Å². The molecule has 0 saturated carbocycles. The van der Waals surface area contributed by atoms with Gasteiger partial charge in [0.25, 0.3) is 0 Å². The molecule has 0 amide bonds. The van der Waals surface area contributed by atoms with E-state index in [1.807, 2.05) is 66.9 Å². The van der Waals surface area contributed by atoms with Gasteiger partial charge in [0.05, 0.1) is 37.9 Å². The molecule has 3 aromatic heterocycles. The molecule has 0 bridgehead atoms. The lowest BCUT2D eigenvalue weighted by molar-refractivity contribution is 0.355. The molecule has 168 valence electrons. The summed E-state index contributed by atoms with van der Waals surface area (Å²) in [6, 6.07) is 23.9. The van der Waals surface area contributed by atoms with Gasteiger partial charge in [0.2, 0.25) is 0 Å². The summed E-state index contributed by atoms with van der Waals surface area (Å²) < 4.78 is 25.2. The maximum absolute atomic E-state index is 6.52. The van der Waals surface area contributed by atoms with Gasteiger partial charge in [0.1, 0.15) is 17.0 Å². The summed E-state index contributed by atoms with van der Waals surface area (Å²) in [5.74, 6) is 2.72. The van der Waals surface area contributed by atoms with E-state index in [1.165, 1.54) is 0 Å². The van der Waals surface area contributed by atoms with Gasteiger partial charge in [-0.15, -0.1) is 0 Å². The van der Waals surface area contributed by atoms with Gasteiger partial charge in [-0.2, -0.15) is 0 Å². The van der Waals surface area contributed by atoms with Crippen LogP contribution in [-0.2, 0) is 0 Å². The summed E-state index contributed by atoms with van der Waals surface area (Å²) in [7, 11) is 4.91. The smallest absolute Gasteiger partial charge is 0.164 e. The number of hydrogen-bond acceptors (Lipinski definition) is 5. The van der Waals surface area contributed by atoms with Crippen molar-refractivity contribution in [1.82, 2.24) is 9.38 Å². The Kier molecular flexibility index (Phi) is 4.66. The Bertz CT molecular complexity index is 1660. The van der Waals surface area contributed by atoms with Crippen molar-refractivity contribution in [2.45, 2.75) is 0 Å². The number of benzene rings is 3. The molecule has 6 rings (SSSR count). The third kappa shape index (κ3) is 2.99. The summed E-state index contributed by atoms with van der Waals surface area (Å²) in [5, 5.41) is 0.914. The average Bonchev–Trinajstić information content (AvgIpc) is 3.52. The van der Waals surface area contributed by atoms with E-state index in [-0.39, 0.29) is 0 Å². The van der Waals surface area contributed by atoms with E-state index >= 15 is 0 Å². The molecule has 0 aliphatic heterocycles. The highest BCUT2D eigenvalue weighted by Gasteiger charge is 2.23. The summed E-state index contributed by atoms with van der Waals surface area (Å²) in [4.78, 5) is 5.04. The first-order chi connectivity index (χ1) is 16.7. The van der Waals surface area contributed by atoms with Crippen molar-refractivity contribution in [3.8, 4) is 39.8 Å². The Balaban J connectivity index is 1.72. The molecular formula is C28H22N2O4. The molecule has 3 heterocycles. The Labute approximate surface area is 195 Å². The fraction of sp³-hybridized carbons (Fsp3) is 0.107. The summed E-state index contributed by atoms with van der Waals surface area (Å²) in [5.41, 5.74) is 6.27. The van der Waals surface area contributed by atoms with Gasteiger partial charge in [-0.05, 0) is 48.0 Å². The van der Waals surface area contributed by atoms with Crippen LogP contribution in [-0.4, -0.2) is 30.7 Å². The van der Waals surface area contributed by atoms with Gasteiger partial charge < -0.3 is 23.0 Å². The number of methoxy groups -OCH3 is 3. The first-order valence-corrected chi connectivity index (χ1v) is 10.9. The maximum Gasteiger partial charge on any atom is 0.164 e. The minimum Gasteiger partial charge on any atom is -0.497 e. The number of hydrogen-bond donors (Lipinski definition) is 0. The van der Waals surface area contributed by atoms with Gasteiger partial charge in [0, 0.05) is 23.2 Å². The van der Waals surface area contributed by atoms with E-state index in [2.05, 4.69) is 16.5 Å². The molecule has 0 atom stereocenters. The number of fused-ring (bicyclic) bond motifs is 4. The van der Waals surface area contributed by atoms with Crippen LogP contribution >= 0.6 is 0 Å². The van der Waals surface area contributed by atoms with Gasteiger partial charge in [-0.3, -0.25) is 0 Å². The van der Waals surface area contributed by atoms with E-state index in [0.29, 0.717) is 22.8 Å². The van der Waals surface area contributed by atoms with Gasteiger partial charge in [-0.1, -0.05) is 24.3 Å². The lowest BCUT2D eigenvalue weighted by Gasteiger charge is -2.10. The van der Waals surface area contributed by atoms with Crippen molar-refractivity contribution >= 4 is 27.5 Å². The zero-order chi connectivity index (χ0) is 23.2. The highest BCUT2D eigenvalue weighted by molar-refractivity contribution is 6.05. The summed E-state index contributed by atoms with van der Waals surface area (Å²) in [6.07, 6.45) is 2.05. The SMILES string of the molecule is COc1ccc(-c2c(-c3nc4ccccc4n4cccc34)oc3cc(OC)c(OC)cc23)cc1. The predicted molar refractivity (Wildman–Crippen MR) is 133 cm³/mol. The van der Waals surface area contributed by atoms with E-state index in [9.17, 15) is 0 Å². The first-order valence-electron chi connectivity index (χ1n) is 10.9. The molecular weight excluding hydrogens is 428 g/mol. The molecule has 6 nitrogen and oxygen atoms in total. The van der Waals surface area contributed by atoms with Gasteiger partial charge >= 0.3 is 0 Å². The number of para-hydroxylation sites is 2. The fourth-order valence-corrected chi connectivity index (χ4v) is 4.53. The minimum absolute atomic E-state index is 0.607. The monoisotopic (exact) mass is 450 g/mol. The van der Waals surface area contributed by atoms with E-state index in [0.717, 1.165) is 44.5 Å². The number of rotatable bonds is 5. The molecule has 3 aromatic carbocycles. The predicted octanol–water partition coefficient (Wildman–Crippen LogP) is 6.59. The zero-order valence-electron chi connectivity index (χ0n) is 19.0. The number of nitrogens with zero attached hydrogens (tertiary/aromatic N) is 2. The quantitative estimate of drug-likeness (QED) is 0.296. The Morgan fingerprint density at radius 1 is 0.765 bits per heavy atom. The third-order valence-electron chi connectivity index (χ3n) is 6.15. The van der Waals surface area contributed by atoms with Crippen molar-refractivity contribution in [3.63, 3.8) is 0 Å². The van der Waals surface area contributed by atoms with Crippen LogP contribution in [0.1, 0.15) is 0 Å². The number of aromatic nitrogens is 2. The van der Waals surface area contributed by atoms with E-state index < -0.39 is 0 Å². The second-order valence-electron chi connectivity index (χ2n) is 7.95. The van der Waals surface area contributed by atoms with Crippen molar-refractivity contribution < 1.29 is 18.6 Å². The molecule has 6 heteroatoms.